The molecule has 0 radical (unpaired) electrons. The van der Waals surface area contributed by atoms with Crippen molar-refractivity contribution in [3.05, 3.63) is 41.3 Å². The van der Waals surface area contributed by atoms with Gasteiger partial charge in [0.25, 0.3) is 5.91 Å². The van der Waals surface area contributed by atoms with E-state index in [1.165, 1.54) is 16.2 Å². The molecule has 0 N–H and O–H groups in total. The summed E-state index contributed by atoms with van der Waals surface area (Å²) in [4.78, 5) is 46.8. The minimum absolute atomic E-state index is 0.0112. The second kappa shape index (κ2) is 9.79. The van der Waals surface area contributed by atoms with Crippen molar-refractivity contribution >= 4 is 50.7 Å². The average Bonchev–Trinajstić information content (AvgIpc) is 3.46. The minimum atomic E-state index is -0.187. The molecule has 0 unspecified atom stereocenters. The molecule has 32 heavy (non-hydrogen) atoms. The molecule has 1 aliphatic heterocycles. The maximum Gasteiger partial charge on any atom is 0.309 e. The predicted molar refractivity (Wildman–Crippen MR) is 126 cm³/mol. The monoisotopic (exact) mass is 471 g/mol. The highest BCUT2D eigenvalue weighted by molar-refractivity contribution is 7.26. The van der Waals surface area contributed by atoms with Gasteiger partial charge in [-0.15, -0.1) is 22.7 Å². The summed E-state index contributed by atoms with van der Waals surface area (Å²) in [7, 11) is 1.64. The van der Waals surface area contributed by atoms with Gasteiger partial charge >= 0.3 is 5.97 Å². The van der Waals surface area contributed by atoms with Gasteiger partial charge in [-0.2, -0.15) is 0 Å². The number of nitrogens with zero attached hydrogens (tertiary/aromatic N) is 3. The van der Waals surface area contributed by atoms with E-state index in [4.69, 9.17) is 4.74 Å². The molecule has 0 saturated carbocycles. The molecule has 1 aromatic carbocycles. The number of amides is 2. The van der Waals surface area contributed by atoms with Crippen molar-refractivity contribution in [2.24, 2.45) is 5.92 Å². The summed E-state index contributed by atoms with van der Waals surface area (Å²) in [5.41, 5.74) is 0.947. The Bertz CT molecular complexity index is 1100. The summed E-state index contributed by atoms with van der Waals surface area (Å²) in [5.74, 6) is -0.623. The van der Waals surface area contributed by atoms with Crippen LogP contribution in [0.25, 0.3) is 20.1 Å². The van der Waals surface area contributed by atoms with E-state index in [2.05, 4.69) is 4.98 Å². The van der Waals surface area contributed by atoms with Crippen LogP contribution in [-0.2, 0) is 14.3 Å². The molecular weight excluding hydrogens is 446 g/mol. The number of benzene rings is 1. The van der Waals surface area contributed by atoms with Crippen LogP contribution in [0.5, 0.6) is 0 Å². The van der Waals surface area contributed by atoms with Crippen LogP contribution in [0.1, 0.15) is 29.4 Å². The highest BCUT2D eigenvalue weighted by Gasteiger charge is 2.29. The summed E-state index contributed by atoms with van der Waals surface area (Å²) in [6.45, 7) is 3.18. The molecule has 4 rings (SSSR count). The number of carbonyl (C=O) groups excluding carboxylic acids is 3. The Morgan fingerprint density at radius 3 is 2.59 bits per heavy atom. The maximum absolute atomic E-state index is 12.9. The van der Waals surface area contributed by atoms with Crippen LogP contribution in [0.4, 0.5) is 0 Å². The van der Waals surface area contributed by atoms with Crippen molar-refractivity contribution in [3.8, 4) is 9.88 Å². The summed E-state index contributed by atoms with van der Waals surface area (Å²) in [5, 5.41) is 0.887. The summed E-state index contributed by atoms with van der Waals surface area (Å²) in [6, 6.07) is 11.7. The van der Waals surface area contributed by atoms with Gasteiger partial charge in [-0.3, -0.25) is 14.4 Å². The van der Waals surface area contributed by atoms with Crippen LogP contribution in [0, 0.1) is 5.92 Å². The number of fused-ring (bicyclic) bond motifs is 1. The van der Waals surface area contributed by atoms with Gasteiger partial charge in [-0.1, -0.05) is 12.1 Å². The van der Waals surface area contributed by atoms with E-state index in [0.717, 1.165) is 20.1 Å². The zero-order valence-corrected chi connectivity index (χ0v) is 19.7. The summed E-state index contributed by atoms with van der Waals surface area (Å²) < 4.78 is 6.18. The van der Waals surface area contributed by atoms with Gasteiger partial charge in [0.1, 0.15) is 5.01 Å². The van der Waals surface area contributed by atoms with Crippen LogP contribution in [-0.4, -0.2) is 65.9 Å². The number of rotatable bonds is 6. The molecule has 0 atom stereocenters. The summed E-state index contributed by atoms with van der Waals surface area (Å²) >= 11 is 2.99. The molecule has 0 spiro atoms. The zero-order valence-electron chi connectivity index (χ0n) is 18.1. The van der Waals surface area contributed by atoms with E-state index in [1.54, 1.807) is 36.3 Å². The van der Waals surface area contributed by atoms with Gasteiger partial charge in [0.05, 0.1) is 39.0 Å². The fourth-order valence-electron chi connectivity index (χ4n) is 3.73. The molecule has 1 saturated heterocycles. The Labute approximate surface area is 194 Å². The van der Waals surface area contributed by atoms with E-state index in [-0.39, 0.29) is 30.2 Å². The zero-order chi connectivity index (χ0) is 22.7. The number of para-hydroxylation sites is 1. The van der Waals surface area contributed by atoms with Crippen molar-refractivity contribution in [1.29, 1.82) is 0 Å². The lowest BCUT2D eigenvalue weighted by Crippen LogP contribution is -2.45. The second-order valence-corrected chi connectivity index (χ2v) is 9.83. The minimum Gasteiger partial charge on any atom is -0.466 e. The number of thiophene rings is 1. The largest absolute Gasteiger partial charge is 0.466 e. The Balaban J connectivity index is 1.34. The number of carbonyl (C=O) groups is 3. The van der Waals surface area contributed by atoms with Crippen molar-refractivity contribution in [1.82, 2.24) is 14.8 Å². The number of hydrogen-bond acceptors (Lipinski definition) is 7. The van der Waals surface area contributed by atoms with E-state index >= 15 is 0 Å². The van der Waals surface area contributed by atoms with E-state index in [0.29, 0.717) is 37.4 Å². The van der Waals surface area contributed by atoms with E-state index < -0.39 is 0 Å². The topological polar surface area (TPSA) is 79.8 Å². The fraction of sp³-hybridized carbons (Fsp3) is 0.391. The van der Waals surface area contributed by atoms with Crippen LogP contribution >= 0.6 is 22.7 Å². The Morgan fingerprint density at radius 2 is 1.88 bits per heavy atom. The standard InChI is InChI=1S/C23H25N3O4S2/c1-3-30-23(29)15-10-12-26(13-11-15)20(27)14-25(2)22(28)19-9-8-18(31-19)21-24-16-6-4-5-7-17(16)32-21/h4-9,15H,3,10-14H2,1-2H3. The first-order chi connectivity index (χ1) is 15.5. The number of likely N-dealkylation sites (N-methyl/N-ethyl adjacent to an activating group) is 1. The lowest BCUT2D eigenvalue weighted by atomic mass is 9.97. The number of esters is 1. The van der Waals surface area contributed by atoms with Gasteiger partial charge in [-0.05, 0) is 44.0 Å². The fourth-order valence-corrected chi connectivity index (χ4v) is 5.75. The Hall–Kier alpha value is -2.78. The summed E-state index contributed by atoms with van der Waals surface area (Å²) in [6.07, 6.45) is 1.19. The van der Waals surface area contributed by atoms with Crippen molar-refractivity contribution in [3.63, 3.8) is 0 Å². The second-order valence-electron chi connectivity index (χ2n) is 7.72. The van der Waals surface area contributed by atoms with Crippen LogP contribution < -0.4 is 0 Å². The third-order valence-corrected chi connectivity index (χ3v) is 7.79. The average molecular weight is 472 g/mol. The number of hydrogen-bond donors (Lipinski definition) is 0. The van der Waals surface area contributed by atoms with Gasteiger partial charge in [0.2, 0.25) is 5.91 Å². The normalized spacial score (nSPS) is 14.5. The molecule has 7 nitrogen and oxygen atoms in total. The molecule has 1 fully saturated rings. The van der Waals surface area contributed by atoms with E-state index in [1.807, 2.05) is 30.3 Å². The molecule has 3 aromatic rings. The van der Waals surface area contributed by atoms with Gasteiger partial charge in [-0.25, -0.2) is 4.98 Å². The molecule has 0 aliphatic carbocycles. The SMILES string of the molecule is CCOC(=O)C1CCN(C(=O)CN(C)C(=O)c2ccc(-c3nc4ccccc4s3)s2)CC1. The van der Waals surface area contributed by atoms with Crippen molar-refractivity contribution in [2.45, 2.75) is 19.8 Å². The van der Waals surface area contributed by atoms with Gasteiger partial charge in [0, 0.05) is 20.1 Å². The van der Waals surface area contributed by atoms with Gasteiger partial charge in [0.15, 0.2) is 0 Å². The highest BCUT2D eigenvalue weighted by Crippen LogP contribution is 2.34. The van der Waals surface area contributed by atoms with Crippen LogP contribution in [0.3, 0.4) is 0 Å². The highest BCUT2D eigenvalue weighted by atomic mass is 32.1. The number of ether oxygens (including phenoxy) is 1. The maximum atomic E-state index is 12.9. The quantitative estimate of drug-likeness (QED) is 0.510. The van der Waals surface area contributed by atoms with Gasteiger partial charge < -0.3 is 14.5 Å². The number of thiazole rings is 1. The van der Waals surface area contributed by atoms with E-state index in [9.17, 15) is 14.4 Å². The molecule has 3 heterocycles. The lowest BCUT2D eigenvalue weighted by Gasteiger charge is -2.32. The molecule has 168 valence electrons. The third kappa shape index (κ3) is 4.83. The predicted octanol–water partition coefficient (Wildman–Crippen LogP) is 3.90. The first-order valence-electron chi connectivity index (χ1n) is 10.6. The Morgan fingerprint density at radius 1 is 1.12 bits per heavy atom. The number of likely N-dealkylation sites (tertiary alicyclic amines) is 1. The lowest BCUT2D eigenvalue weighted by molar-refractivity contribution is -0.151. The van der Waals surface area contributed by atoms with Crippen LogP contribution in [0.15, 0.2) is 36.4 Å². The third-order valence-electron chi connectivity index (χ3n) is 5.51. The molecule has 9 heteroatoms. The Kier molecular flexibility index (Phi) is 6.86. The van der Waals surface area contributed by atoms with Crippen molar-refractivity contribution in [2.75, 3.05) is 33.3 Å². The molecule has 0 bridgehead atoms. The first-order valence-corrected chi connectivity index (χ1v) is 12.2. The molecule has 2 aromatic heterocycles. The van der Waals surface area contributed by atoms with Crippen LogP contribution in [0.2, 0.25) is 0 Å². The number of aromatic nitrogens is 1. The smallest absolute Gasteiger partial charge is 0.309 e. The number of piperidine rings is 1. The molecular formula is C23H25N3O4S2. The molecule has 1 aliphatic rings. The first kappa shape index (κ1) is 22.4. The van der Waals surface area contributed by atoms with Crippen molar-refractivity contribution < 1.29 is 19.1 Å². The molecule has 2 amide bonds.